The van der Waals surface area contributed by atoms with Gasteiger partial charge >= 0.3 is 0 Å². The van der Waals surface area contributed by atoms with Crippen molar-refractivity contribution in [2.24, 2.45) is 0 Å². The van der Waals surface area contributed by atoms with E-state index in [9.17, 15) is 5.11 Å². The number of anilines is 1. The minimum atomic E-state index is -0.374. The Morgan fingerprint density at radius 3 is 2.58 bits per heavy atom. The van der Waals surface area contributed by atoms with Crippen molar-refractivity contribution in [3.8, 4) is 5.75 Å². The summed E-state index contributed by atoms with van der Waals surface area (Å²) >= 11 is 3.44. The monoisotopic (exact) mass is 330 g/mol. The minimum Gasteiger partial charge on any atom is -0.496 e. The van der Waals surface area contributed by atoms with Crippen LogP contribution in [0, 0.1) is 0 Å². The average molecular weight is 331 g/mol. The molecule has 1 aromatic carbocycles. The van der Waals surface area contributed by atoms with Crippen molar-refractivity contribution >= 4 is 21.6 Å². The average Bonchev–Trinajstić information content (AvgIpc) is 2.42. The molecule has 0 bridgehead atoms. The summed E-state index contributed by atoms with van der Waals surface area (Å²) < 4.78 is 6.08. The van der Waals surface area contributed by atoms with E-state index in [2.05, 4.69) is 40.0 Å². The summed E-state index contributed by atoms with van der Waals surface area (Å²) in [5.41, 5.74) is 0.964. The third-order valence-corrected chi connectivity index (χ3v) is 3.68. The van der Waals surface area contributed by atoms with Crippen LogP contribution in [0.2, 0.25) is 0 Å². The van der Waals surface area contributed by atoms with Crippen LogP contribution in [-0.4, -0.2) is 49.4 Å². The number of methoxy groups -OCH3 is 1. The van der Waals surface area contributed by atoms with Gasteiger partial charge in [0.25, 0.3) is 0 Å². The lowest BCUT2D eigenvalue weighted by molar-refractivity contribution is 0.128. The quantitative estimate of drug-likeness (QED) is 0.769. The second kappa shape index (κ2) is 8.40. The number of hydrogen-bond donors (Lipinski definition) is 2. The van der Waals surface area contributed by atoms with E-state index in [-0.39, 0.29) is 6.10 Å². The van der Waals surface area contributed by atoms with Crippen LogP contribution in [0.25, 0.3) is 0 Å². The Morgan fingerprint density at radius 2 is 2.05 bits per heavy atom. The molecule has 4 nitrogen and oxygen atoms in total. The van der Waals surface area contributed by atoms with Crippen molar-refractivity contribution in [1.82, 2.24) is 4.90 Å². The summed E-state index contributed by atoms with van der Waals surface area (Å²) in [7, 11) is 1.64. The number of rotatable bonds is 8. The van der Waals surface area contributed by atoms with Crippen LogP contribution >= 0.6 is 15.9 Å². The lowest BCUT2D eigenvalue weighted by atomic mass is 10.2. The van der Waals surface area contributed by atoms with Gasteiger partial charge in [0.05, 0.1) is 17.7 Å². The van der Waals surface area contributed by atoms with Gasteiger partial charge in [-0.3, -0.25) is 0 Å². The number of ether oxygens (including phenoxy) is 1. The van der Waals surface area contributed by atoms with E-state index in [1.807, 2.05) is 18.2 Å². The second-order valence-corrected chi connectivity index (χ2v) is 5.22. The molecule has 0 aliphatic carbocycles. The van der Waals surface area contributed by atoms with Gasteiger partial charge in [-0.05, 0) is 47.2 Å². The molecule has 0 saturated carbocycles. The molecule has 108 valence electrons. The molecule has 5 heteroatoms. The Morgan fingerprint density at radius 1 is 1.37 bits per heavy atom. The molecule has 1 atom stereocenters. The molecule has 0 aromatic heterocycles. The van der Waals surface area contributed by atoms with Gasteiger partial charge in [0.15, 0.2) is 0 Å². The number of likely N-dealkylation sites (N-methyl/N-ethyl adjacent to an activating group) is 1. The van der Waals surface area contributed by atoms with E-state index in [4.69, 9.17) is 4.74 Å². The molecule has 0 radical (unpaired) electrons. The van der Waals surface area contributed by atoms with Gasteiger partial charge in [-0.2, -0.15) is 0 Å². The first-order valence-corrected chi connectivity index (χ1v) is 7.37. The van der Waals surface area contributed by atoms with Crippen molar-refractivity contribution < 1.29 is 9.84 Å². The molecule has 0 amide bonds. The Balaban J connectivity index is 2.45. The molecule has 0 heterocycles. The summed E-state index contributed by atoms with van der Waals surface area (Å²) in [6, 6.07) is 5.78. The van der Waals surface area contributed by atoms with Crippen LogP contribution in [0.3, 0.4) is 0 Å². The van der Waals surface area contributed by atoms with Crippen LogP contribution in [0.1, 0.15) is 13.8 Å². The Hall–Kier alpha value is -0.780. The molecule has 0 fully saturated rings. The summed E-state index contributed by atoms with van der Waals surface area (Å²) in [5.74, 6) is 0.800. The number of nitrogens with zero attached hydrogens (tertiary/aromatic N) is 1. The lowest BCUT2D eigenvalue weighted by Crippen LogP contribution is -2.35. The van der Waals surface area contributed by atoms with Crippen LogP contribution in [0.5, 0.6) is 5.75 Å². The highest BCUT2D eigenvalue weighted by Crippen LogP contribution is 2.27. The van der Waals surface area contributed by atoms with Crippen molar-refractivity contribution in [1.29, 1.82) is 0 Å². The first-order valence-electron chi connectivity index (χ1n) is 6.58. The van der Waals surface area contributed by atoms with Crippen LogP contribution in [0.15, 0.2) is 22.7 Å². The van der Waals surface area contributed by atoms with E-state index >= 15 is 0 Å². The largest absolute Gasteiger partial charge is 0.496 e. The molecule has 1 aromatic rings. The highest BCUT2D eigenvalue weighted by molar-refractivity contribution is 9.10. The number of halogens is 1. The second-order valence-electron chi connectivity index (χ2n) is 4.37. The van der Waals surface area contributed by atoms with Crippen molar-refractivity contribution in [3.63, 3.8) is 0 Å². The number of aliphatic hydroxyl groups is 1. The van der Waals surface area contributed by atoms with Crippen LogP contribution in [-0.2, 0) is 0 Å². The predicted molar refractivity (Wildman–Crippen MR) is 83.0 cm³/mol. The minimum absolute atomic E-state index is 0.374. The highest BCUT2D eigenvalue weighted by atomic mass is 79.9. The van der Waals surface area contributed by atoms with E-state index in [0.29, 0.717) is 13.1 Å². The SMILES string of the molecule is CCN(CC)CC(O)CNc1ccc(OC)c(Br)c1. The maximum atomic E-state index is 9.97. The number of aliphatic hydroxyl groups excluding tert-OH is 1. The molecule has 19 heavy (non-hydrogen) atoms. The van der Waals surface area contributed by atoms with E-state index in [1.165, 1.54) is 0 Å². The van der Waals surface area contributed by atoms with E-state index < -0.39 is 0 Å². The van der Waals surface area contributed by atoms with Gasteiger partial charge in [0, 0.05) is 18.8 Å². The molecule has 0 saturated heterocycles. The zero-order valence-electron chi connectivity index (χ0n) is 11.8. The number of benzene rings is 1. The summed E-state index contributed by atoms with van der Waals surface area (Å²) in [5, 5.41) is 13.2. The lowest BCUT2D eigenvalue weighted by Gasteiger charge is -2.22. The fourth-order valence-electron chi connectivity index (χ4n) is 1.86. The fraction of sp³-hybridized carbons (Fsp3) is 0.571. The summed E-state index contributed by atoms with van der Waals surface area (Å²) in [6.07, 6.45) is -0.374. The van der Waals surface area contributed by atoms with Crippen molar-refractivity contribution in [2.45, 2.75) is 20.0 Å². The summed E-state index contributed by atoms with van der Waals surface area (Å²) in [6.45, 7) is 7.35. The molecular formula is C14H23BrN2O2. The third kappa shape index (κ3) is 5.38. The predicted octanol–water partition coefficient (Wildman–Crippen LogP) is 2.57. The molecule has 2 N–H and O–H groups in total. The zero-order chi connectivity index (χ0) is 14.3. The molecule has 0 spiro atoms. The van der Waals surface area contributed by atoms with Gasteiger partial charge < -0.3 is 20.1 Å². The maximum absolute atomic E-state index is 9.97. The molecule has 1 rings (SSSR count). The smallest absolute Gasteiger partial charge is 0.133 e. The van der Waals surface area contributed by atoms with Gasteiger partial charge in [0.2, 0.25) is 0 Å². The van der Waals surface area contributed by atoms with Crippen LogP contribution in [0.4, 0.5) is 5.69 Å². The molecule has 0 aliphatic rings. The van der Waals surface area contributed by atoms with E-state index in [1.54, 1.807) is 7.11 Å². The van der Waals surface area contributed by atoms with Crippen molar-refractivity contribution in [2.75, 3.05) is 38.6 Å². The van der Waals surface area contributed by atoms with E-state index in [0.717, 1.165) is 29.0 Å². The Bertz CT molecular complexity index is 384. The first-order chi connectivity index (χ1) is 9.10. The van der Waals surface area contributed by atoms with Gasteiger partial charge in [-0.25, -0.2) is 0 Å². The topological polar surface area (TPSA) is 44.7 Å². The van der Waals surface area contributed by atoms with Crippen LogP contribution < -0.4 is 10.1 Å². The zero-order valence-corrected chi connectivity index (χ0v) is 13.4. The standard InChI is InChI=1S/C14H23BrN2O2/c1-4-17(5-2)10-12(18)9-16-11-6-7-14(19-3)13(15)8-11/h6-8,12,16,18H,4-5,9-10H2,1-3H3. The Kier molecular flexibility index (Phi) is 7.20. The molecule has 1 unspecified atom stereocenters. The van der Waals surface area contributed by atoms with Gasteiger partial charge in [-0.15, -0.1) is 0 Å². The number of nitrogens with one attached hydrogen (secondary N) is 1. The van der Waals surface area contributed by atoms with Gasteiger partial charge in [0.1, 0.15) is 5.75 Å². The molecular weight excluding hydrogens is 308 g/mol. The third-order valence-electron chi connectivity index (χ3n) is 3.06. The Labute approximate surface area is 123 Å². The number of hydrogen-bond acceptors (Lipinski definition) is 4. The fourth-order valence-corrected chi connectivity index (χ4v) is 2.40. The van der Waals surface area contributed by atoms with Crippen molar-refractivity contribution in [3.05, 3.63) is 22.7 Å². The van der Waals surface area contributed by atoms with Gasteiger partial charge in [-0.1, -0.05) is 13.8 Å². The summed E-state index contributed by atoms with van der Waals surface area (Å²) in [4.78, 5) is 2.20. The first kappa shape index (κ1) is 16.3. The maximum Gasteiger partial charge on any atom is 0.133 e. The molecule has 0 aliphatic heterocycles. The highest BCUT2D eigenvalue weighted by Gasteiger charge is 2.09. The normalized spacial score (nSPS) is 12.5.